The number of carbonyl (C=O) groups is 1. The van der Waals surface area contributed by atoms with E-state index >= 15 is 0 Å². The molecule has 5 nitrogen and oxygen atoms in total. The number of halogens is 6. The van der Waals surface area contributed by atoms with Crippen molar-refractivity contribution in [2.45, 2.75) is 37.7 Å². The van der Waals surface area contributed by atoms with Crippen LogP contribution in [0.15, 0.2) is 36.1 Å². The Hall–Kier alpha value is -2.01. The van der Waals surface area contributed by atoms with Gasteiger partial charge in [0.25, 0.3) is 0 Å². The minimum absolute atomic E-state index is 0.00899. The molecule has 29 heavy (non-hydrogen) atoms. The summed E-state index contributed by atoms with van der Waals surface area (Å²) in [6.45, 7) is 0.348. The van der Waals surface area contributed by atoms with E-state index < -0.39 is 38.1 Å². The van der Waals surface area contributed by atoms with Gasteiger partial charge in [-0.25, -0.2) is 0 Å². The van der Waals surface area contributed by atoms with E-state index in [2.05, 4.69) is 26.7 Å². The molecule has 1 unspecified atom stereocenters. The maximum atomic E-state index is 12.4. The lowest BCUT2D eigenvalue weighted by Crippen LogP contribution is -2.44. The summed E-state index contributed by atoms with van der Waals surface area (Å²) in [5.74, 6) is -1.14. The zero-order valence-electron chi connectivity index (χ0n) is 15.7. The average Bonchev–Trinajstić information content (AvgIpc) is 2.62. The molecule has 11 heteroatoms. The second-order valence-electron chi connectivity index (χ2n) is 6.34. The monoisotopic (exact) mass is 430 g/mol. The number of alkyl halides is 6. The molecule has 0 bridgehead atoms. The first-order chi connectivity index (χ1) is 13.5. The van der Waals surface area contributed by atoms with Crippen molar-refractivity contribution in [1.82, 2.24) is 10.6 Å². The van der Waals surface area contributed by atoms with Gasteiger partial charge < -0.3 is 20.1 Å². The maximum Gasteiger partial charge on any atom is 0.422 e. The molecule has 0 aromatic heterocycles. The number of rotatable bonds is 10. The zero-order valence-corrected chi connectivity index (χ0v) is 15.7. The van der Waals surface area contributed by atoms with Crippen LogP contribution in [0.1, 0.15) is 19.3 Å². The van der Waals surface area contributed by atoms with Crippen molar-refractivity contribution in [3.63, 3.8) is 0 Å². The second-order valence-corrected chi connectivity index (χ2v) is 6.34. The van der Waals surface area contributed by atoms with E-state index in [0.717, 1.165) is 44.0 Å². The summed E-state index contributed by atoms with van der Waals surface area (Å²) >= 11 is 0. The minimum atomic E-state index is -4.63. The van der Waals surface area contributed by atoms with Gasteiger partial charge in [0, 0.05) is 18.2 Å². The lowest BCUT2D eigenvalue weighted by atomic mass is 10.1. The number of hydrogen-bond acceptors (Lipinski definition) is 4. The van der Waals surface area contributed by atoms with Gasteiger partial charge in [0.05, 0.1) is 6.61 Å². The minimum Gasteiger partial charge on any atom is -0.484 e. The standard InChI is InChI=1S/C18H24F6N2O3/c1-2-5-15(29-12-18(22,23)24)8-13(10-28-11-17(19,20)21)16(27)26-9-14-6-3-4-7-25-14/h2,5,8,14,25H,1,3-4,6-7,9-12H2,(H,26,27)/b13-8+,15-5+. The second kappa shape index (κ2) is 11.9. The molecule has 0 radical (unpaired) electrons. The van der Waals surface area contributed by atoms with Crippen LogP contribution in [0.25, 0.3) is 0 Å². The van der Waals surface area contributed by atoms with Crippen LogP contribution in [0.2, 0.25) is 0 Å². The number of ether oxygens (including phenoxy) is 2. The van der Waals surface area contributed by atoms with Gasteiger partial charge in [-0.05, 0) is 31.5 Å². The third-order valence-corrected chi connectivity index (χ3v) is 3.74. The lowest BCUT2D eigenvalue weighted by Gasteiger charge is -2.24. The Bertz CT molecular complexity index is 593. The highest BCUT2D eigenvalue weighted by molar-refractivity contribution is 5.94. The molecule has 1 aliphatic heterocycles. The van der Waals surface area contributed by atoms with Gasteiger partial charge in [-0.15, -0.1) is 0 Å². The Morgan fingerprint density at radius 1 is 1.14 bits per heavy atom. The van der Waals surface area contributed by atoms with Crippen molar-refractivity contribution in [3.8, 4) is 0 Å². The number of hydrogen-bond donors (Lipinski definition) is 2. The predicted octanol–water partition coefficient (Wildman–Crippen LogP) is 3.40. The van der Waals surface area contributed by atoms with E-state index in [0.29, 0.717) is 0 Å². The van der Waals surface area contributed by atoms with Crippen LogP contribution in [-0.2, 0) is 14.3 Å². The first-order valence-corrected chi connectivity index (χ1v) is 8.89. The Labute approximate surface area is 164 Å². The van der Waals surface area contributed by atoms with Crippen molar-refractivity contribution in [3.05, 3.63) is 36.1 Å². The van der Waals surface area contributed by atoms with Crippen LogP contribution in [-0.4, -0.2) is 57.2 Å². The number of piperidine rings is 1. The highest BCUT2D eigenvalue weighted by Crippen LogP contribution is 2.19. The zero-order chi connectivity index (χ0) is 21.9. The fourth-order valence-corrected chi connectivity index (χ4v) is 2.47. The molecule has 1 amide bonds. The molecule has 1 fully saturated rings. The van der Waals surface area contributed by atoms with Crippen molar-refractivity contribution < 1.29 is 40.6 Å². The molecule has 166 valence electrons. The van der Waals surface area contributed by atoms with Crippen LogP contribution < -0.4 is 10.6 Å². The average molecular weight is 430 g/mol. The summed E-state index contributed by atoms with van der Waals surface area (Å²) in [6.07, 6.45) is -3.34. The summed E-state index contributed by atoms with van der Waals surface area (Å²) in [7, 11) is 0. The molecule has 0 spiro atoms. The van der Waals surface area contributed by atoms with E-state index in [1.165, 1.54) is 0 Å². The Morgan fingerprint density at radius 3 is 2.38 bits per heavy atom. The maximum absolute atomic E-state index is 12.4. The topological polar surface area (TPSA) is 59.6 Å². The van der Waals surface area contributed by atoms with Gasteiger partial charge in [0.2, 0.25) is 5.91 Å². The fourth-order valence-electron chi connectivity index (χ4n) is 2.47. The highest BCUT2D eigenvalue weighted by Gasteiger charge is 2.29. The molecule has 1 saturated heterocycles. The molecule has 0 aromatic rings. The Morgan fingerprint density at radius 2 is 1.83 bits per heavy atom. The van der Waals surface area contributed by atoms with Crippen LogP contribution in [0, 0.1) is 0 Å². The van der Waals surface area contributed by atoms with Crippen LogP contribution in [0.3, 0.4) is 0 Å². The fraction of sp³-hybridized carbons (Fsp3) is 0.611. The number of carbonyl (C=O) groups excluding carboxylic acids is 1. The van der Waals surface area contributed by atoms with E-state index in [9.17, 15) is 31.1 Å². The Balaban J connectivity index is 2.84. The van der Waals surface area contributed by atoms with Gasteiger partial charge in [-0.1, -0.05) is 19.1 Å². The van der Waals surface area contributed by atoms with Gasteiger partial charge in [-0.3, -0.25) is 4.79 Å². The van der Waals surface area contributed by atoms with Crippen LogP contribution in [0.5, 0.6) is 0 Å². The summed E-state index contributed by atoms with van der Waals surface area (Å²) in [6, 6.07) is 0.00899. The van der Waals surface area contributed by atoms with Gasteiger partial charge in [0.15, 0.2) is 6.61 Å². The number of allylic oxidation sites excluding steroid dienone is 3. The van der Waals surface area contributed by atoms with Gasteiger partial charge >= 0.3 is 12.4 Å². The molecular formula is C18H24F6N2O3. The van der Waals surface area contributed by atoms with Crippen LogP contribution in [0.4, 0.5) is 26.3 Å². The van der Waals surface area contributed by atoms with Crippen molar-refractivity contribution in [1.29, 1.82) is 0 Å². The Kier molecular flexibility index (Phi) is 10.2. The van der Waals surface area contributed by atoms with E-state index in [1.807, 2.05) is 0 Å². The largest absolute Gasteiger partial charge is 0.484 e. The molecule has 0 aliphatic carbocycles. The number of nitrogens with one attached hydrogen (secondary N) is 2. The highest BCUT2D eigenvalue weighted by atomic mass is 19.4. The molecule has 0 aromatic carbocycles. The van der Waals surface area contributed by atoms with Crippen LogP contribution >= 0.6 is 0 Å². The van der Waals surface area contributed by atoms with E-state index in [1.54, 1.807) is 0 Å². The molecule has 2 N–H and O–H groups in total. The SMILES string of the molecule is C=C/C=C(\C=C(/COCC(F)(F)F)C(=O)NCC1CCCCN1)OCC(F)(F)F. The van der Waals surface area contributed by atoms with Crippen molar-refractivity contribution in [2.24, 2.45) is 0 Å². The molecule has 1 atom stereocenters. The van der Waals surface area contributed by atoms with E-state index in [4.69, 9.17) is 0 Å². The molecule has 1 heterocycles. The smallest absolute Gasteiger partial charge is 0.422 e. The molecular weight excluding hydrogens is 406 g/mol. The molecule has 0 saturated carbocycles. The van der Waals surface area contributed by atoms with E-state index in [-0.39, 0.29) is 23.9 Å². The first-order valence-electron chi connectivity index (χ1n) is 8.89. The summed E-state index contributed by atoms with van der Waals surface area (Å²) in [5.41, 5.74) is -0.305. The van der Waals surface area contributed by atoms with Gasteiger partial charge in [0.1, 0.15) is 12.4 Å². The van der Waals surface area contributed by atoms with Gasteiger partial charge in [-0.2, -0.15) is 26.3 Å². The summed E-state index contributed by atoms with van der Waals surface area (Å²) in [5, 5.41) is 5.74. The third-order valence-electron chi connectivity index (χ3n) is 3.74. The molecule has 1 aliphatic rings. The van der Waals surface area contributed by atoms with Crippen molar-refractivity contribution >= 4 is 5.91 Å². The normalized spacial score (nSPS) is 19.0. The first kappa shape index (κ1) is 25.0. The number of amides is 1. The summed E-state index contributed by atoms with van der Waals surface area (Å²) in [4.78, 5) is 12.4. The molecule has 1 rings (SSSR count). The predicted molar refractivity (Wildman–Crippen MR) is 93.9 cm³/mol. The quantitative estimate of drug-likeness (QED) is 0.241. The lowest BCUT2D eigenvalue weighted by molar-refractivity contribution is -0.172. The van der Waals surface area contributed by atoms with Crippen molar-refractivity contribution in [2.75, 3.05) is 32.9 Å². The summed E-state index contributed by atoms with van der Waals surface area (Å²) < 4.78 is 83.1. The third kappa shape index (κ3) is 12.2.